The van der Waals surface area contributed by atoms with E-state index in [0.29, 0.717) is 23.4 Å². The average Bonchev–Trinajstić information content (AvgIpc) is 3.19. The van der Waals surface area contributed by atoms with E-state index < -0.39 is 0 Å². The summed E-state index contributed by atoms with van der Waals surface area (Å²) in [6, 6.07) is 12.4. The van der Waals surface area contributed by atoms with Crippen molar-refractivity contribution in [3.05, 3.63) is 52.5 Å². The molecule has 0 unspecified atom stereocenters. The maximum absolute atomic E-state index is 9.61. The molecule has 1 fully saturated rings. The van der Waals surface area contributed by atoms with E-state index in [9.17, 15) is 5.11 Å². The van der Waals surface area contributed by atoms with Gasteiger partial charge in [-0.2, -0.15) is 0 Å². The summed E-state index contributed by atoms with van der Waals surface area (Å²) in [5.41, 5.74) is 2.30. The Hall–Kier alpha value is -1.99. The van der Waals surface area contributed by atoms with Gasteiger partial charge in [-0.05, 0) is 42.7 Å². The summed E-state index contributed by atoms with van der Waals surface area (Å²) in [6.07, 6.45) is 0.752. The molecule has 1 atom stereocenters. The topological polar surface area (TPSA) is 54.4 Å². The lowest BCUT2D eigenvalue weighted by atomic mass is 10.1. The molecule has 0 aromatic heterocycles. The number of rotatable bonds is 8. The lowest BCUT2D eigenvalue weighted by Gasteiger charge is -2.41. The molecule has 1 saturated heterocycles. The van der Waals surface area contributed by atoms with Crippen LogP contribution in [0.3, 0.4) is 0 Å². The summed E-state index contributed by atoms with van der Waals surface area (Å²) in [7, 11) is 0. The fourth-order valence-corrected chi connectivity index (χ4v) is 4.36. The number of hydrogen-bond acceptors (Lipinski definition) is 6. The van der Waals surface area contributed by atoms with E-state index in [2.05, 4.69) is 21.9 Å². The molecule has 4 rings (SSSR count). The number of hydrogen-bond donors (Lipinski definition) is 1. The van der Waals surface area contributed by atoms with Crippen LogP contribution in [0.2, 0.25) is 5.02 Å². The van der Waals surface area contributed by atoms with E-state index in [-0.39, 0.29) is 13.4 Å². The van der Waals surface area contributed by atoms with Gasteiger partial charge in [-0.3, -0.25) is 9.80 Å². The lowest BCUT2D eigenvalue weighted by molar-refractivity contribution is 0.0499. The molecule has 0 amide bonds. The van der Waals surface area contributed by atoms with Gasteiger partial charge < -0.3 is 19.3 Å². The molecule has 0 bridgehead atoms. The van der Waals surface area contributed by atoms with Gasteiger partial charge in [-0.15, -0.1) is 0 Å². The molecule has 1 N–H and O–H groups in total. The first kappa shape index (κ1) is 21.2. The molecule has 0 spiro atoms. The second-order valence-electron chi connectivity index (χ2n) is 7.75. The standard InChI is InChI=1S/C23H29ClN2O4/c1-2-28-20-5-3-17(4-6-20)13-26-9-8-25(15-19(26)7-10-27)14-18-11-22-23(12-21(18)24)30-16-29-22/h3-6,11-12,19,27H,2,7-10,13-16H2,1H3/t19-/m1/s1. The van der Waals surface area contributed by atoms with E-state index in [1.165, 1.54) is 5.56 Å². The molecule has 30 heavy (non-hydrogen) atoms. The zero-order chi connectivity index (χ0) is 20.9. The van der Waals surface area contributed by atoms with E-state index in [1.807, 2.05) is 31.2 Å². The summed E-state index contributed by atoms with van der Waals surface area (Å²) in [6.45, 7) is 7.51. The number of benzene rings is 2. The van der Waals surface area contributed by atoms with Crippen molar-refractivity contribution in [2.45, 2.75) is 32.5 Å². The normalized spacial score (nSPS) is 19.2. The molecule has 2 aliphatic heterocycles. The van der Waals surface area contributed by atoms with Crippen molar-refractivity contribution < 1.29 is 19.3 Å². The minimum Gasteiger partial charge on any atom is -0.494 e. The second kappa shape index (κ2) is 9.88. The molecule has 6 nitrogen and oxygen atoms in total. The Morgan fingerprint density at radius 1 is 1.10 bits per heavy atom. The van der Waals surface area contributed by atoms with E-state index in [1.54, 1.807) is 0 Å². The molecule has 2 aromatic rings. The van der Waals surface area contributed by atoms with Crippen molar-refractivity contribution in [1.29, 1.82) is 0 Å². The molecule has 162 valence electrons. The van der Waals surface area contributed by atoms with Crippen LogP contribution in [0.1, 0.15) is 24.5 Å². The summed E-state index contributed by atoms with van der Waals surface area (Å²) in [5.74, 6) is 2.37. The number of halogens is 1. The highest BCUT2D eigenvalue weighted by molar-refractivity contribution is 6.31. The van der Waals surface area contributed by atoms with Gasteiger partial charge in [0.15, 0.2) is 11.5 Å². The van der Waals surface area contributed by atoms with Gasteiger partial charge in [0, 0.05) is 56.5 Å². The Labute approximate surface area is 182 Å². The van der Waals surface area contributed by atoms with Crippen LogP contribution in [0.4, 0.5) is 0 Å². The first-order chi connectivity index (χ1) is 14.7. The van der Waals surface area contributed by atoms with Crippen LogP contribution >= 0.6 is 11.6 Å². The minimum absolute atomic E-state index is 0.184. The summed E-state index contributed by atoms with van der Waals surface area (Å²) in [5, 5.41) is 10.3. The highest BCUT2D eigenvalue weighted by atomic mass is 35.5. The fraction of sp³-hybridized carbons (Fsp3) is 0.478. The average molecular weight is 433 g/mol. The lowest BCUT2D eigenvalue weighted by Crippen LogP contribution is -2.52. The Kier molecular flexibility index (Phi) is 7.00. The van der Waals surface area contributed by atoms with E-state index in [0.717, 1.165) is 56.2 Å². The number of nitrogens with zero attached hydrogens (tertiary/aromatic N) is 2. The van der Waals surface area contributed by atoms with Crippen LogP contribution in [-0.4, -0.2) is 60.6 Å². The highest BCUT2D eigenvalue weighted by Crippen LogP contribution is 2.37. The third-order valence-corrected chi connectivity index (χ3v) is 6.06. The Morgan fingerprint density at radius 3 is 2.60 bits per heavy atom. The summed E-state index contributed by atoms with van der Waals surface area (Å²) in [4.78, 5) is 4.86. The van der Waals surface area contributed by atoms with Gasteiger partial charge in [-0.25, -0.2) is 0 Å². The molecule has 2 heterocycles. The molecule has 0 aliphatic carbocycles. The van der Waals surface area contributed by atoms with Crippen molar-refractivity contribution in [2.24, 2.45) is 0 Å². The zero-order valence-electron chi connectivity index (χ0n) is 17.3. The van der Waals surface area contributed by atoms with Gasteiger partial charge in [-0.1, -0.05) is 23.7 Å². The Bertz CT molecular complexity index is 846. The van der Waals surface area contributed by atoms with Crippen molar-refractivity contribution in [1.82, 2.24) is 9.80 Å². The number of fused-ring (bicyclic) bond motifs is 1. The number of piperazine rings is 1. The highest BCUT2D eigenvalue weighted by Gasteiger charge is 2.27. The van der Waals surface area contributed by atoms with Crippen molar-refractivity contribution in [2.75, 3.05) is 39.6 Å². The number of aliphatic hydroxyl groups is 1. The van der Waals surface area contributed by atoms with Gasteiger partial charge in [0.25, 0.3) is 0 Å². The number of ether oxygens (including phenoxy) is 3. The largest absolute Gasteiger partial charge is 0.494 e. The van der Waals surface area contributed by atoms with Crippen LogP contribution in [0.25, 0.3) is 0 Å². The van der Waals surface area contributed by atoms with Gasteiger partial charge in [0.05, 0.1) is 6.61 Å². The van der Waals surface area contributed by atoms with E-state index in [4.69, 9.17) is 25.8 Å². The molecular formula is C23H29ClN2O4. The van der Waals surface area contributed by atoms with Crippen LogP contribution in [0.5, 0.6) is 17.2 Å². The summed E-state index contributed by atoms with van der Waals surface area (Å²) >= 11 is 6.47. The Balaban J connectivity index is 1.39. The van der Waals surface area contributed by atoms with Crippen LogP contribution in [0, 0.1) is 0 Å². The zero-order valence-corrected chi connectivity index (χ0v) is 18.1. The van der Waals surface area contributed by atoms with E-state index >= 15 is 0 Å². The molecule has 2 aliphatic rings. The first-order valence-corrected chi connectivity index (χ1v) is 10.9. The second-order valence-corrected chi connectivity index (χ2v) is 8.15. The fourth-order valence-electron chi connectivity index (χ4n) is 4.15. The van der Waals surface area contributed by atoms with Crippen LogP contribution < -0.4 is 14.2 Å². The summed E-state index contributed by atoms with van der Waals surface area (Å²) < 4.78 is 16.4. The SMILES string of the molecule is CCOc1ccc(CN2CCN(Cc3cc4c(cc3Cl)OCO4)C[C@H]2CCO)cc1. The third kappa shape index (κ3) is 5.01. The predicted octanol–water partition coefficient (Wildman–Crippen LogP) is 3.54. The van der Waals surface area contributed by atoms with Crippen molar-refractivity contribution in [3.8, 4) is 17.2 Å². The number of aliphatic hydroxyl groups excluding tert-OH is 1. The molecular weight excluding hydrogens is 404 g/mol. The third-order valence-electron chi connectivity index (χ3n) is 5.71. The maximum Gasteiger partial charge on any atom is 0.231 e. The molecule has 7 heteroatoms. The van der Waals surface area contributed by atoms with Crippen LogP contribution in [-0.2, 0) is 13.1 Å². The quantitative estimate of drug-likeness (QED) is 0.688. The first-order valence-electron chi connectivity index (χ1n) is 10.5. The Morgan fingerprint density at radius 2 is 1.87 bits per heavy atom. The van der Waals surface area contributed by atoms with Crippen LogP contribution in [0.15, 0.2) is 36.4 Å². The van der Waals surface area contributed by atoms with Gasteiger partial charge in [0.1, 0.15) is 5.75 Å². The predicted molar refractivity (Wildman–Crippen MR) is 116 cm³/mol. The maximum atomic E-state index is 9.61. The minimum atomic E-state index is 0.184. The molecule has 0 radical (unpaired) electrons. The van der Waals surface area contributed by atoms with Gasteiger partial charge in [0.2, 0.25) is 6.79 Å². The monoisotopic (exact) mass is 432 g/mol. The van der Waals surface area contributed by atoms with Crippen molar-refractivity contribution in [3.63, 3.8) is 0 Å². The van der Waals surface area contributed by atoms with Gasteiger partial charge >= 0.3 is 0 Å². The molecule has 2 aromatic carbocycles. The molecule has 0 saturated carbocycles. The smallest absolute Gasteiger partial charge is 0.231 e. The van der Waals surface area contributed by atoms with Crippen molar-refractivity contribution >= 4 is 11.6 Å².